The van der Waals surface area contributed by atoms with Crippen LogP contribution in [0, 0.1) is 0 Å². The van der Waals surface area contributed by atoms with E-state index in [-0.39, 0.29) is 0 Å². The van der Waals surface area contributed by atoms with Gasteiger partial charge in [-0.2, -0.15) is 0 Å². The number of fused-ring (bicyclic) bond motifs is 4. The number of nitrogens with zero attached hydrogens (tertiary/aromatic N) is 1. The van der Waals surface area contributed by atoms with Gasteiger partial charge in [-0.25, -0.2) is 0 Å². The topological polar surface area (TPSA) is 16.4 Å². The predicted molar refractivity (Wildman–Crippen MR) is 253 cm³/mol. The normalized spacial score (nSPS) is 11.3. The minimum Gasteiger partial charge on any atom is -0.456 e. The lowest BCUT2D eigenvalue weighted by atomic mass is 9.87. The highest BCUT2D eigenvalue weighted by Crippen LogP contribution is 2.43. The molecule has 282 valence electrons. The minimum atomic E-state index is 0.901. The van der Waals surface area contributed by atoms with E-state index in [1.54, 1.807) is 0 Å². The first-order valence-corrected chi connectivity index (χ1v) is 20.5. The van der Waals surface area contributed by atoms with Crippen LogP contribution in [0.1, 0.15) is 0 Å². The van der Waals surface area contributed by atoms with Gasteiger partial charge in [0.05, 0.1) is 0 Å². The van der Waals surface area contributed by atoms with E-state index in [4.69, 9.17) is 4.42 Å². The van der Waals surface area contributed by atoms with E-state index in [1.165, 1.54) is 49.7 Å². The predicted octanol–water partition coefficient (Wildman–Crippen LogP) is 16.5. The van der Waals surface area contributed by atoms with Crippen LogP contribution in [-0.2, 0) is 0 Å². The molecule has 0 unspecified atom stereocenters. The molecule has 0 bridgehead atoms. The molecule has 0 aliphatic rings. The van der Waals surface area contributed by atoms with Crippen molar-refractivity contribution >= 4 is 49.8 Å². The Hall–Kier alpha value is -7.94. The summed E-state index contributed by atoms with van der Waals surface area (Å²) >= 11 is 0. The Balaban J connectivity index is 0.973. The number of hydrogen-bond donors (Lipinski definition) is 0. The molecular formula is C58H39NO. The zero-order valence-electron chi connectivity index (χ0n) is 32.9. The van der Waals surface area contributed by atoms with Gasteiger partial charge in [0.2, 0.25) is 0 Å². The van der Waals surface area contributed by atoms with Crippen LogP contribution in [0.4, 0.5) is 17.1 Å². The van der Waals surface area contributed by atoms with E-state index in [0.29, 0.717) is 0 Å². The van der Waals surface area contributed by atoms with Crippen LogP contribution in [0.3, 0.4) is 0 Å². The van der Waals surface area contributed by atoms with Gasteiger partial charge in [-0.3, -0.25) is 0 Å². The van der Waals surface area contributed by atoms with Gasteiger partial charge in [-0.15, -0.1) is 0 Å². The lowest BCUT2D eigenvalue weighted by Crippen LogP contribution is -2.09. The van der Waals surface area contributed by atoms with E-state index in [1.807, 2.05) is 12.1 Å². The molecule has 0 aliphatic carbocycles. The summed E-state index contributed by atoms with van der Waals surface area (Å²) in [6, 6.07) is 84.9. The van der Waals surface area contributed by atoms with E-state index in [9.17, 15) is 0 Å². The maximum Gasteiger partial charge on any atom is 0.136 e. The van der Waals surface area contributed by atoms with E-state index in [2.05, 4.69) is 229 Å². The number of furan rings is 1. The zero-order chi connectivity index (χ0) is 39.8. The maximum atomic E-state index is 6.24. The molecule has 0 saturated carbocycles. The summed E-state index contributed by atoms with van der Waals surface area (Å²) in [5.41, 5.74) is 17.0. The Morgan fingerprint density at radius 1 is 0.250 bits per heavy atom. The maximum absolute atomic E-state index is 6.24. The summed E-state index contributed by atoms with van der Waals surface area (Å²) in [7, 11) is 0. The minimum absolute atomic E-state index is 0.901. The number of para-hydroxylation sites is 1. The van der Waals surface area contributed by atoms with Crippen LogP contribution in [0.15, 0.2) is 241 Å². The third kappa shape index (κ3) is 6.41. The Morgan fingerprint density at radius 2 is 0.700 bits per heavy atom. The molecule has 0 atom stereocenters. The summed E-state index contributed by atoms with van der Waals surface area (Å²) in [5.74, 6) is 0. The van der Waals surface area contributed by atoms with Crippen LogP contribution in [0.5, 0.6) is 0 Å². The van der Waals surface area contributed by atoms with Crippen molar-refractivity contribution in [3.05, 3.63) is 237 Å². The third-order valence-corrected chi connectivity index (χ3v) is 11.7. The molecular weight excluding hydrogens is 727 g/mol. The fourth-order valence-corrected chi connectivity index (χ4v) is 8.77. The van der Waals surface area contributed by atoms with Crippen LogP contribution in [0.2, 0.25) is 0 Å². The Morgan fingerprint density at radius 3 is 1.35 bits per heavy atom. The molecule has 1 heterocycles. The first-order chi connectivity index (χ1) is 29.7. The van der Waals surface area contributed by atoms with Gasteiger partial charge in [-0.05, 0) is 121 Å². The molecule has 0 fully saturated rings. The van der Waals surface area contributed by atoms with Crippen molar-refractivity contribution in [2.45, 2.75) is 0 Å². The van der Waals surface area contributed by atoms with Crippen LogP contribution in [-0.4, -0.2) is 0 Å². The molecule has 60 heavy (non-hydrogen) atoms. The fraction of sp³-hybridized carbons (Fsp3) is 0. The average Bonchev–Trinajstić information content (AvgIpc) is 3.70. The Labute approximate surface area is 349 Å². The van der Waals surface area contributed by atoms with Crippen molar-refractivity contribution in [2.75, 3.05) is 4.90 Å². The molecule has 0 amide bonds. The Bertz CT molecular complexity index is 3310. The highest BCUT2D eigenvalue weighted by Gasteiger charge is 2.18. The van der Waals surface area contributed by atoms with Crippen LogP contribution in [0.25, 0.3) is 88.3 Å². The van der Waals surface area contributed by atoms with E-state index in [0.717, 1.165) is 55.7 Å². The fourth-order valence-electron chi connectivity index (χ4n) is 8.77. The molecule has 1 aromatic heterocycles. The molecule has 10 aromatic carbocycles. The zero-order valence-corrected chi connectivity index (χ0v) is 32.9. The molecule has 0 aliphatic heterocycles. The lowest BCUT2D eigenvalue weighted by Gasteiger charge is -2.26. The van der Waals surface area contributed by atoms with Crippen molar-refractivity contribution in [2.24, 2.45) is 0 Å². The molecule has 11 aromatic rings. The van der Waals surface area contributed by atoms with Crippen molar-refractivity contribution in [1.29, 1.82) is 0 Å². The summed E-state index contributed by atoms with van der Waals surface area (Å²) in [6.07, 6.45) is 0. The molecule has 0 spiro atoms. The SMILES string of the molecule is c1ccc(-c2ccccc2-c2ccccc2-c2ccccc2-c2ccc(N(c3ccc(-c4ccc5c(c4)oc4ccccc45)cc3)c3ccc4ccccc4c3)cc2)cc1. The monoisotopic (exact) mass is 765 g/mol. The number of hydrogen-bond acceptors (Lipinski definition) is 2. The second-order valence-electron chi connectivity index (χ2n) is 15.3. The van der Waals surface area contributed by atoms with Gasteiger partial charge < -0.3 is 9.32 Å². The lowest BCUT2D eigenvalue weighted by molar-refractivity contribution is 0.669. The summed E-state index contributed by atoms with van der Waals surface area (Å²) in [5, 5.41) is 4.70. The van der Waals surface area contributed by atoms with Crippen molar-refractivity contribution < 1.29 is 4.42 Å². The molecule has 2 heteroatoms. The van der Waals surface area contributed by atoms with Crippen molar-refractivity contribution in [3.63, 3.8) is 0 Å². The van der Waals surface area contributed by atoms with E-state index < -0.39 is 0 Å². The second kappa shape index (κ2) is 15.1. The van der Waals surface area contributed by atoms with Crippen LogP contribution >= 0.6 is 0 Å². The van der Waals surface area contributed by atoms with Gasteiger partial charge in [-0.1, -0.05) is 182 Å². The smallest absolute Gasteiger partial charge is 0.136 e. The van der Waals surface area contributed by atoms with Gasteiger partial charge in [0.1, 0.15) is 11.2 Å². The molecule has 0 N–H and O–H groups in total. The van der Waals surface area contributed by atoms with Gasteiger partial charge in [0.15, 0.2) is 0 Å². The first kappa shape index (κ1) is 35.2. The molecule has 0 radical (unpaired) electrons. The summed E-state index contributed by atoms with van der Waals surface area (Å²) in [6.45, 7) is 0. The number of benzene rings is 10. The number of anilines is 3. The van der Waals surface area contributed by atoms with Crippen molar-refractivity contribution in [1.82, 2.24) is 0 Å². The van der Waals surface area contributed by atoms with E-state index >= 15 is 0 Å². The molecule has 2 nitrogen and oxygen atoms in total. The Kier molecular flexibility index (Phi) is 8.87. The first-order valence-electron chi connectivity index (χ1n) is 20.5. The highest BCUT2D eigenvalue weighted by atomic mass is 16.3. The average molecular weight is 766 g/mol. The summed E-state index contributed by atoms with van der Waals surface area (Å²) < 4.78 is 6.24. The van der Waals surface area contributed by atoms with Gasteiger partial charge in [0.25, 0.3) is 0 Å². The summed E-state index contributed by atoms with van der Waals surface area (Å²) in [4.78, 5) is 2.35. The third-order valence-electron chi connectivity index (χ3n) is 11.7. The standard InChI is InChI=1S/C58H39NO/c1-2-15-42(16-3-1)49-18-6-8-20-51(49)53-22-10-11-23-54(53)52-21-9-7-19-50(52)43-29-34-47(35-30-43)59(48-36-28-40-14-4-5-17-44(40)38-48)46-32-26-41(27-33-46)45-31-37-56-55-24-12-13-25-57(55)60-58(56)39-45/h1-39H. The van der Waals surface area contributed by atoms with Crippen molar-refractivity contribution in [3.8, 4) is 55.6 Å². The molecule has 11 rings (SSSR count). The largest absolute Gasteiger partial charge is 0.456 e. The second-order valence-corrected chi connectivity index (χ2v) is 15.3. The van der Waals surface area contributed by atoms with Crippen LogP contribution < -0.4 is 4.90 Å². The highest BCUT2D eigenvalue weighted by molar-refractivity contribution is 6.06. The van der Waals surface area contributed by atoms with Gasteiger partial charge >= 0.3 is 0 Å². The number of rotatable bonds is 8. The molecule has 0 saturated heterocycles. The quantitative estimate of drug-likeness (QED) is 0.153. The van der Waals surface area contributed by atoms with Gasteiger partial charge in [0, 0.05) is 27.8 Å².